The Kier molecular flexibility index (Phi) is 6.83. The Morgan fingerprint density at radius 2 is 1.72 bits per heavy atom. The smallest absolute Gasteiger partial charge is 0.305 e. The number of para-hydroxylation sites is 1. The van der Waals surface area contributed by atoms with Crippen LogP contribution in [-0.2, 0) is 14.4 Å². The highest BCUT2D eigenvalue weighted by atomic mass is 32.2. The first-order valence-electron chi connectivity index (χ1n) is 14.9. The van der Waals surface area contributed by atoms with Gasteiger partial charge >= 0.3 is 4.87 Å². The van der Waals surface area contributed by atoms with Crippen LogP contribution in [0.3, 0.4) is 0 Å². The predicted molar refractivity (Wildman–Crippen MR) is 171 cm³/mol. The Morgan fingerprint density at radius 1 is 0.978 bits per heavy atom. The van der Waals surface area contributed by atoms with Gasteiger partial charge in [0.25, 0.3) is 11.6 Å². The van der Waals surface area contributed by atoms with E-state index in [1.165, 1.54) is 40.5 Å². The van der Waals surface area contributed by atoms with Crippen molar-refractivity contribution < 1.29 is 24.0 Å². The molecular weight excluding hydrogens is 629 g/mol. The monoisotopic (exact) mass is 654 g/mol. The minimum absolute atomic E-state index is 0.00351. The predicted octanol–water partition coefficient (Wildman–Crippen LogP) is 5.04. The number of non-ortho nitro benzene ring substituents is 1. The second-order valence-corrected chi connectivity index (χ2v) is 14.2. The van der Waals surface area contributed by atoms with Gasteiger partial charge in [0.05, 0.1) is 27.5 Å². The number of amides is 3. The Morgan fingerprint density at radius 3 is 2.46 bits per heavy atom. The molecular formula is C33H26N4O7S2. The molecule has 2 aliphatic heterocycles. The van der Waals surface area contributed by atoms with Crippen molar-refractivity contribution in [3.05, 3.63) is 109 Å². The van der Waals surface area contributed by atoms with Gasteiger partial charge < -0.3 is 15.0 Å². The summed E-state index contributed by atoms with van der Waals surface area (Å²) in [6, 6.07) is 22.2. The van der Waals surface area contributed by atoms with E-state index >= 15 is 0 Å². The van der Waals surface area contributed by atoms with Gasteiger partial charge in [0, 0.05) is 33.9 Å². The van der Waals surface area contributed by atoms with Crippen LogP contribution in [-0.4, -0.2) is 39.5 Å². The van der Waals surface area contributed by atoms with Crippen LogP contribution in [0.1, 0.15) is 22.8 Å². The zero-order chi connectivity index (χ0) is 31.7. The molecule has 4 aliphatic rings. The second kappa shape index (κ2) is 11.0. The maximum Gasteiger partial charge on any atom is 0.305 e. The van der Waals surface area contributed by atoms with Crippen molar-refractivity contribution in [1.82, 2.24) is 4.98 Å². The van der Waals surface area contributed by atoms with Crippen LogP contribution in [0.25, 0.3) is 0 Å². The standard InChI is InChI=1S/C33H26N4O7S2/c38-23(34-17-6-2-1-3-7-17)15-44-20-8-4-5-16(13-20)24-25-21-14-22(28(25)45-30-29(24)46-33(41)35-30)27-26(21)31(39)36(32(27)40)18-9-11-19(12-10-18)37(42)43/h1-13,21-22,24-28H,14-15H2,(H,34,38)(H,35,41)/t21-,22-,24-,25?,26?,27?,28?/m1/s1. The minimum atomic E-state index is -0.517. The molecule has 0 radical (unpaired) electrons. The highest BCUT2D eigenvalue weighted by Crippen LogP contribution is 2.68. The number of carbonyl (C=O) groups is 3. The van der Waals surface area contributed by atoms with Gasteiger partial charge in [-0.15, -0.1) is 11.8 Å². The normalized spacial score (nSPS) is 27.2. The second-order valence-electron chi connectivity index (χ2n) is 12.0. The molecule has 1 aromatic heterocycles. The first kappa shape index (κ1) is 28.7. The summed E-state index contributed by atoms with van der Waals surface area (Å²) in [6.07, 6.45) is 0.731. The summed E-state index contributed by atoms with van der Waals surface area (Å²) in [5, 5.41) is 14.8. The molecule has 3 amide bonds. The van der Waals surface area contributed by atoms with Crippen LogP contribution in [0, 0.1) is 39.7 Å². The number of thioether (sulfide) groups is 1. The molecule has 11 nitrogen and oxygen atoms in total. The summed E-state index contributed by atoms with van der Waals surface area (Å²) < 4.78 is 5.89. The number of nitrogens with zero attached hydrogens (tertiary/aromatic N) is 2. The minimum Gasteiger partial charge on any atom is -0.484 e. The van der Waals surface area contributed by atoms with Gasteiger partial charge in [-0.2, -0.15) is 0 Å². The van der Waals surface area contributed by atoms with Gasteiger partial charge in [-0.1, -0.05) is 41.7 Å². The van der Waals surface area contributed by atoms with E-state index in [1.807, 2.05) is 36.4 Å². The van der Waals surface area contributed by atoms with Crippen molar-refractivity contribution in [3.63, 3.8) is 0 Å². The molecule has 8 rings (SSSR count). The lowest BCUT2D eigenvalue weighted by molar-refractivity contribution is -0.384. The van der Waals surface area contributed by atoms with Crippen LogP contribution in [0.2, 0.25) is 0 Å². The highest BCUT2D eigenvalue weighted by molar-refractivity contribution is 8.00. The van der Waals surface area contributed by atoms with Crippen molar-refractivity contribution in [3.8, 4) is 5.75 Å². The van der Waals surface area contributed by atoms with Crippen LogP contribution < -0.4 is 19.8 Å². The van der Waals surface area contributed by atoms with E-state index in [9.17, 15) is 29.3 Å². The summed E-state index contributed by atoms with van der Waals surface area (Å²) in [7, 11) is 0. The van der Waals surface area contributed by atoms with E-state index in [2.05, 4.69) is 10.3 Å². The average Bonchev–Trinajstić information content (AvgIpc) is 3.79. The van der Waals surface area contributed by atoms with E-state index in [0.29, 0.717) is 17.1 Å². The summed E-state index contributed by atoms with van der Waals surface area (Å²) in [6.45, 7) is -0.183. The molecule has 2 aliphatic carbocycles. The van der Waals surface area contributed by atoms with Gasteiger partial charge in [0.1, 0.15) is 5.75 Å². The molecule has 3 heterocycles. The van der Waals surface area contributed by atoms with Gasteiger partial charge in [0.2, 0.25) is 11.8 Å². The number of carbonyl (C=O) groups excluding carboxylic acids is 3. The number of nitro groups is 1. The van der Waals surface area contributed by atoms with Crippen molar-refractivity contribution >= 4 is 57.9 Å². The number of benzene rings is 3. The van der Waals surface area contributed by atoms with Crippen molar-refractivity contribution in [1.29, 1.82) is 0 Å². The average molecular weight is 655 g/mol. The first-order chi connectivity index (χ1) is 22.3. The number of anilines is 2. The summed E-state index contributed by atoms with van der Waals surface area (Å²) in [5.74, 6) is -1.68. The van der Waals surface area contributed by atoms with E-state index in [4.69, 9.17) is 4.74 Å². The summed E-state index contributed by atoms with van der Waals surface area (Å²) >= 11 is 2.77. The fraction of sp³-hybridized carbons (Fsp3) is 0.273. The molecule has 0 spiro atoms. The largest absolute Gasteiger partial charge is 0.484 e. The molecule has 3 fully saturated rings. The number of hydrogen-bond donors (Lipinski definition) is 2. The Bertz CT molecular complexity index is 1960. The molecule has 4 unspecified atom stereocenters. The number of imide groups is 1. The quantitative estimate of drug-likeness (QED) is 0.160. The maximum atomic E-state index is 14.0. The fourth-order valence-electron chi connectivity index (χ4n) is 8.03. The van der Waals surface area contributed by atoms with E-state index in [0.717, 1.165) is 21.9 Å². The number of ether oxygens (including phenoxy) is 1. The SMILES string of the molecule is O=C(COc1cccc([C@H]2c3sc(=O)[nH]c3SC3C2[C@H]2C[C@@H]3C3C(=O)N(c4ccc([N+](=O)[O-])cc4)C(=O)C32)c1)Nc1ccccc1. The number of rotatable bonds is 7. The lowest BCUT2D eigenvalue weighted by Crippen LogP contribution is -2.42. The zero-order valence-electron chi connectivity index (χ0n) is 24.0. The number of aromatic nitrogens is 1. The summed E-state index contributed by atoms with van der Waals surface area (Å²) in [4.78, 5) is 68.6. The van der Waals surface area contributed by atoms with E-state index in [-0.39, 0.29) is 63.8 Å². The molecule has 1 saturated heterocycles. The van der Waals surface area contributed by atoms with E-state index < -0.39 is 16.8 Å². The van der Waals surface area contributed by atoms with Crippen molar-refractivity contribution in [2.24, 2.45) is 29.6 Å². The molecule has 13 heteroatoms. The number of hydrogen-bond acceptors (Lipinski definition) is 9. The third kappa shape index (κ3) is 4.56. The highest BCUT2D eigenvalue weighted by Gasteiger charge is 2.69. The Hall–Kier alpha value is -4.75. The number of nitrogens with one attached hydrogen (secondary N) is 2. The molecule has 7 atom stereocenters. The molecule has 46 heavy (non-hydrogen) atoms. The van der Waals surface area contributed by atoms with E-state index in [1.54, 1.807) is 30.0 Å². The zero-order valence-corrected chi connectivity index (χ0v) is 25.7. The number of thiazole rings is 1. The third-order valence-electron chi connectivity index (χ3n) is 9.69. The topological polar surface area (TPSA) is 152 Å². The molecule has 2 N–H and O–H groups in total. The molecule has 4 aromatic rings. The van der Waals surface area contributed by atoms with Crippen molar-refractivity contribution in [2.75, 3.05) is 16.8 Å². The third-order valence-corrected chi connectivity index (χ3v) is 12.3. The Labute approximate surface area is 270 Å². The lowest BCUT2D eigenvalue weighted by atomic mass is 9.68. The van der Waals surface area contributed by atoms with Crippen LogP contribution in [0.15, 0.2) is 88.7 Å². The van der Waals surface area contributed by atoms with Crippen LogP contribution >= 0.6 is 23.1 Å². The molecule has 2 bridgehead atoms. The lowest BCUT2D eigenvalue weighted by Gasteiger charge is -2.43. The molecule has 3 aromatic carbocycles. The fourth-order valence-corrected chi connectivity index (χ4v) is 10.9. The molecule has 232 valence electrons. The first-order valence-corrected chi connectivity index (χ1v) is 16.6. The van der Waals surface area contributed by atoms with Gasteiger partial charge in [-0.25, -0.2) is 0 Å². The Balaban J connectivity index is 1.09. The van der Waals surface area contributed by atoms with Crippen LogP contribution in [0.5, 0.6) is 5.75 Å². The maximum absolute atomic E-state index is 14.0. The number of aromatic amines is 1. The van der Waals surface area contributed by atoms with Gasteiger partial charge in [-0.3, -0.25) is 34.2 Å². The number of nitro benzene ring substituents is 1. The van der Waals surface area contributed by atoms with Gasteiger partial charge in [0.15, 0.2) is 6.61 Å². The van der Waals surface area contributed by atoms with Crippen molar-refractivity contribution in [2.45, 2.75) is 22.6 Å². The molecule has 2 saturated carbocycles. The summed E-state index contributed by atoms with van der Waals surface area (Å²) in [5.41, 5.74) is 1.82. The van der Waals surface area contributed by atoms with Gasteiger partial charge in [-0.05, 0) is 66.1 Å². The number of H-pyrrole nitrogens is 1. The van der Waals surface area contributed by atoms with Crippen LogP contribution in [0.4, 0.5) is 17.1 Å². The number of fused-ring (bicyclic) bond motifs is 9.